The molecule has 6 heteroatoms. The second-order valence-electron chi connectivity index (χ2n) is 4.63. The van der Waals surface area contributed by atoms with E-state index in [2.05, 4.69) is 36.8 Å². The van der Waals surface area contributed by atoms with Crippen LogP contribution in [0.15, 0.2) is 53.2 Å². The summed E-state index contributed by atoms with van der Waals surface area (Å²) in [5.74, 6) is 0.859. The van der Waals surface area contributed by atoms with Crippen molar-refractivity contribution >= 4 is 48.6 Å². The van der Waals surface area contributed by atoms with Gasteiger partial charge >= 0.3 is 0 Å². The number of carbonyl (C=O) groups excluding carboxylic acids is 1. The monoisotopic (exact) mass is 423 g/mol. The van der Waals surface area contributed by atoms with Crippen molar-refractivity contribution in [1.82, 2.24) is 4.98 Å². The zero-order valence-electron chi connectivity index (χ0n) is 11.3. The van der Waals surface area contributed by atoms with E-state index in [1.54, 1.807) is 24.5 Å². The van der Waals surface area contributed by atoms with Crippen LogP contribution in [0.25, 0.3) is 11.0 Å². The Morgan fingerprint density at radius 3 is 2.86 bits per heavy atom. The van der Waals surface area contributed by atoms with Crippen LogP contribution < -0.4 is 4.74 Å². The fourth-order valence-corrected chi connectivity index (χ4v) is 2.44. The maximum atomic E-state index is 11.9. The van der Waals surface area contributed by atoms with E-state index in [4.69, 9.17) is 9.15 Å². The van der Waals surface area contributed by atoms with Crippen LogP contribution in [-0.2, 0) is 6.61 Å². The first-order valence-electron chi connectivity index (χ1n) is 6.51. The second-order valence-corrected chi connectivity index (χ2v) is 7.69. The van der Waals surface area contributed by atoms with Gasteiger partial charge in [0.05, 0.1) is 0 Å². The first kappa shape index (κ1) is 15.2. The summed E-state index contributed by atoms with van der Waals surface area (Å²) in [5, 5.41) is 0.827. The number of benzene rings is 1. The number of ether oxygens (including phenoxy) is 1. The molecule has 3 aromatic rings. The number of ketones is 1. The van der Waals surface area contributed by atoms with Crippen molar-refractivity contribution in [3.8, 4) is 5.75 Å². The average Bonchev–Trinajstić information content (AvgIpc) is 2.96. The average molecular weight is 425 g/mol. The van der Waals surface area contributed by atoms with Crippen LogP contribution in [0.4, 0.5) is 0 Å². The summed E-state index contributed by atoms with van der Waals surface area (Å²) < 4.78 is 10.8. The highest BCUT2D eigenvalue weighted by molar-refractivity contribution is 9.25. The number of aromatic nitrogens is 1. The fraction of sp³-hybridized carbons (Fsp3) is 0.125. The lowest BCUT2D eigenvalue weighted by atomic mass is 10.2. The molecule has 0 aliphatic rings. The minimum Gasteiger partial charge on any atom is -0.489 e. The minimum atomic E-state index is -0.457. The third kappa shape index (κ3) is 3.39. The smallest absolute Gasteiger partial charge is 0.222 e. The normalized spacial score (nSPS) is 11.0. The molecule has 2 heterocycles. The van der Waals surface area contributed by atoms with E-state index < -0.39 is 3.74 Å². The molecule has 3 rings (SSSR count). The van der Waals surface area contributed by atoms with Gasteiger partial charge in [-0.1, -0.05) is 37.9 Å². The highest BCUT2D eigenvalue weighted by Crippen LogP contribution is 2.27. The number of rotatable bonds is 5. The molecule has 1 aromatic carbocycles. The molecular weight excluding hydrogens is 414 g/mol. The Balaban J connectivity index is 1.79. The van der Waals surface area contributed by atoms with Crippen molar-refractivity contribution in [3.05, 3.63) is 60.1 Å². The Bertz CT molecular complexity index is 800. The molecule has 0 atom stereocenters. The van der Waals surface area contributed by atoms with Crippen molar-refractivity contribution in [3.63, 3.8) is 0 Å². The van der Waals surface area contributed by atoms with E-state index in [0.717, 1.165) is 10.9 Å². The summed E-state index contributed by atoms with van der Waals surface area (Å²) >= 11 is 6.35. The summed E-state index contributed by atoms with van der Waals surface area (Å²) in [4.78, 5) is 15.9. The van der Waals surface area contributed by atoms with Gasteiger partial charge in [0.25, 0.3) is 0 Å². The SMILES string of the molecule is O=C(c1cc2cc(OCc3cccnc3)ccc2o1)C(Br)Br. The van der Waals surface area contributed by atoms with Crippen molar-refractivity contribution in [2.24, 2.45) is 0 Å². The summed E-state index contributed by atoms with van der Waals surface area (Å²) in [7, 11) is 0. The highest BCUT2D eigenvalue weighted by atomic mass is 79.9. The highest BCUT2D eigenvalue weighted by Gasteiger charge is 2.18. The zero-order valence-corrected chi connectivity index (χ0v) is 14.5. The standard InChI is InChI=1S/C16H11Br2NO3/c17-16(18)15(20)14-7-11-6-12(3-4-13(11)22-14)21-9-10-2-1-5-19-8-10/h1-8,16H,9H2. The van der Waals surface area contributed by atoms with Crippen LogP contribution in [0.2, 0.25) is 0 Å². The predicted molar refractivity (Wildman–Crippen MR) is 90.8 cm³/mol. The van der Waals surface area contributed by atoms with Gasteiger partial charge < -0.3 is 9.15 Å². The van der Waals surface area contributed by atoms with Crippen LogP contribution >= 0.6 is 31.9 Å². The molecule has 0 bridgehead atoms. The van der Waals surface area contributed by atoms with Gasteiger partial charge in [0, 0.05) is 23.3 Å². The molecule has 22 heavy (non-hydrogen) atoms. The molecule has 0 aliphatic heterocycles. The summed E-state index contributed by atoms with van der Waals surface area (Å²) in [5.41, 5.74) is 1.64. The van der Waals surface area contributed by atoms with Gasteiger partial charge in [-0.15, -0.1) is 0 Å². The second kappa shape index (κ2) is 6.62. The number of fused-ring (bicyclic) bond motifs is 1. The Kier molecular flexibility index (Phi) is 4.59. The number of hydrogen-bond donors (Lipinski definition) is 0. The Hall–Kier alpha value is -1.66. The van der Waals surface area contributed by atoms with Crippen molar-refractivity contribution in [2.75, 3.05) is 0 Å². The Morgan fingerprint density at radius 1 is 1.27 bits per heavy atom. The van der Waals surface area contributed by atoms with E-state index >= 15 is 0 Å². The number of Topliss-reactive ketones (excluding diaryl/α,β-unsaturated/α-hetero) is 1. The molecule has 0 saturated carbocycles. The molecule has 112 valence electrons. The van der Waals surface area contributed by atoms with Gasteiger partial charge in [-0.2, -0.15) is 0 Å². The van der Waals surface area contributed by atoms with Crippen molar-refractivity contribution in [1.29, 1.82) is 0 Å². The van der Waals surface area contributed by atoms with Crippen molar-refractivity contribution < 1.29 is 13.9 Å². The third-order valence-electron chi connectivity index (χ3n) is 3.06. The van der Waals surface area contributed by atoms with E-state index in [-0.39, 0.29) is 5.78 Å². The van der Waals surface area contributed by atoms with Gasteiger partial charge in [0.1, 0.15) is 21.7 Å². The number of hydrogen-bond acceptors (Lipinski definition) is 4. The molecule has 0 radical (unpaired) electrons. The molecular formula is C16H11Br2NO3. The first-order chi connectivity index (χ1) is 10.6. The third-order valence-corrected chi connectivity index (χ3v) is 3.89. The number of carbonyl (C=O) groups is 1. The number of halogens is 2. The van der Waals surface area contributed by atoms with Gasteiger partial charge in [-0.25, -0.2) is 0 Å². The van der Waals surface area contributed by atoms with Crippen molar-refractivity contribution in [2.45, 2.75) is 10.3 Å². The number of furan rings is 1. The largest absolute Gasteiger partial charge is 0.489 e. The van der Waals surface area contributed by atoms with E-state index in [1.165, 1.54) is 0 Å². The zero-order chi connectivity index (χ0) is 15.5. The molecule has 0 aliphatic carbocycles. The Morgan fingerprint density at radius 2 is 2.14 bits per heavy atom. The maximum absolute atomic E-state index is 11.9. The number of pyridine rings is 1. The molecule has 0 saturated heterocycles. The van der Waals surface area contributed by atoms with E-state index in [1.807, 2.05) is 24.3 Å². The quantitative estimate of drug-likeness (QED) is 0.439. The molecule has 0 fully saturated rings. The minimum absolute atomic E-state index is 0.158. The van der Waals surface area contributed by atoms with E-state index in [0.29, 0.717) is 23.7 Å². The predicted octanol–water partition coefficient (Wildman–Crippen LogP) is 4.71. The molecule has 0 unspecified atom stereocenters. The Labute approximate surface area is 143 Å². The van der Waals surface area contributed by atoms with Crippen LogP contribution in [0.5, 0.6) is 5.75 Å². The van der Waals surface area contributed by atoms with Crippen LogP contribution in [-0.4, -0.2) is 14.5 Å². The first-order valence-corrected chi connectivity index (χ1v) is 8.34. The molecule has 4 nitrogen and oxygen atoms in total. The van der Waals surface area contributed by atoms with Crippen LogP contribution in [0.3, 0.4) is 0 Å². The lowest BCUT2D eigenvalue weighted by molar-refractivity contribution is 0.0989. The van der Waals surface area contributed by atoms with Gasteiger partial charge in [-0.3, -0.25) is 9.78 Å². The topological polar surface area (TPSA) is 52.3 Å². The summed E-state index contributed by atoms with van der Waals surface area (Å²) in [6.07, 6.45) is 3.49. The van der Waals surface area contributed by atoms with Gasteiger partial charge in [-0.05, 0) is 30.3 Å². The summed E-state index contributed by atoms with van der Waals surface area (Å²) in [6.45, 7) is 0.438. The molecule has 0 spiro atoms. The lowest BCUT2D eigenvalue weighted by Crippen LogP contribution is -2.04. The maximum Gasteiger partial charge on any atom is 0.222 e. The number of nitrogens with zero attached hydrogens (tertiary/aromatic N) is 1. The molecule has 0 amide bonds. The van der Waals surface area contributed by atoms with Gasteiger partial charge in [0.15, 0.2) is 5.76 Å². The fourth-order valence-electron chi connectivity index (χ4n) is 1.99. The van der Waals surface area contributed by atoms with Crippen LogP contribution in [0.1, 0.15) is 16.1 Å². The summed E-state index contributed by atoms with van der Waals surface area (Å²) in [6, 6.07) is 11.0. The molecule has 0 N–H and O–H groups in total. The number of alkyl halides is 2. The van der Waals surface area contributed by atoms with E-state index in [9.17, 15) is 4.79 Å². The molecule has 2 aromatic heterocycles. The van der Waals surface area contributed by atoms with Gasteiger partial charge in [0.2, 0.25) is 5.78 Å². The lowest BCUT2D eigenvalue weighted by Gasteiger charge is -2.05. The van der Waals surface area contributed by atoms with Crippen LogP contribution in [0, 0.1) is 0 Å².